The van der Waals surface area contributed by atoms with E-state index in [-0.39, 0.29) is 112 Å². The Bertz CT molecular complexity index is 4270. The number of H-pyrrole nitrogens is 2. The fourth-order valence-electron chi connectivity index (χ4n) is 13.1. The molecule has 3 aliphatic rings. The Balaban J connectivity index is 0.705. The fourth-order valence-corrected chi connectivity index (χ4v) is 14.4. The van der Waals surface area contributed by atoms with Gasteiger partial charge in [0, 0.05) is 134 Å². The van der Waals surface area contributed by atoms with Gasteiger partial charge in [-0.3, -0.25) is 43.4 Å². The van der Waals surface area contributed by atoms with Gasteiger partial charge in [0.2, 0.25) is 17.7 Å². The van der Waals surface area contributed by atoms with Crippen molar-refractivity contribution >= 4 is 131 Å². The molecule has 10 rings (SSSR count). The number of carbonyl (C=O) groups is 10. The van der Waals surface area contributed by atoms with Crippen LogP contribution in [0.25, 0.3) is 31.9 Å². The van der Waals surface area contributed by atoms with Crippen LogP contribution in [-0.2, 0) is 35.3 Å². The van der Waals surface area contributed by atoms with Gasteiger partial charge in [0.05, 0.1) is 10.4 Å². The smallest absolute Gasteiger partial charge is 0.415 e. The number of hydrogen-bond donors (Lipinski definition) is 8. The monoisotopic (exact) mass is 1420 g/mol. The number of nitrogens with one attached hydrogen (secondary N) is 7. The molecule has 6 heterocycles. The van der Waals surface area contributed by atoms with Crippen LogP contribution in [0.2, 0.25) is 0 Å². The fraction of sp³-hybridized carbons (Fsp3) is 0.425. The van der Waals surface area contributed by atoms with E-state index in [9.17, 15) is 47.9 Å². The van der Waals surface area contributed by atoms with Gasteiger partial charge in [-0.25, -0.2) is 14.4 Å². The predicted octanol–water partition coefficient (Wildman–Crippen LogP) is 10.1. The molecule has 9 N–H and O–H groups in total. The number of primary amides is 1. The molecule has 0 bridgehead atoms. The number of fused-ring (bicyclic) bond motifs is 5. The van der Waals surface area contributed by atoms with Crippen LogP contribution in [0.15, 0.2) is 96.4 Å². The van der Waals surface area contributed by atoms with Gasteiger partial charge in [-0.2, -0.15) is 0 Å². The average molecular weight is 1420 g/mol. The van der Waals surface area contributed by atoms with Crippen LogP contribution >= 0.6 is 22.9 Å². The lowest BCUT2D eigenvalue weighted by atomic mass is 9.92. The van der Waals surface area contributed by atoms with Crippen LogP contribution in [0.4, 0.5) is 31.4 Å². The quantitative estimate of drug-likeness (QED) is 0.0114. The van der Waals surface area contributed by atoms with Crippen molar-refractivity contribution in [2.24, 2.45) is 17.1 Å². The second-order valence-corrected chi connectivity index (χ2v) is 28.4. The molecule has 4 aromatic carbocycles. The van der Waals surface area contributed by atoms with Crippen LogP contribution in [-0.4, -0.2) is 180 Å². The minimum atomic E-state index is -1.09. The Kier molecular flexibility index (Phi) is 24.1. The number of nitrogens with two attached hydrogens (primary N) is 1. The molecule has 7 aromatic rings. The second kappa shape index (κ2) is 33.0. The van der Waals surface area contributed by atoms with Gasteiger partial charge >= 0.3 is 18.2 Å². The number of amides is 11. The molecule has 26 nitrogen and oxygen atoms in total. The Morgan fingerprint density at radius 2 is 1.45 bits per heavy atom. The highest BCUT2D eigenvalue weighted by atomic mass is 35.5. The van der Waals surface area contributed by atoms with Gasteiger partial charge < -0.3 is 71.2 Å². The standard InChI is InChI=1S/C73H88ClN13O13S/c1-43(2)64(82-59(88)15-9-8-10-29-86-60(89)24-25-61(86)90)68(93)81-54(14-13-26-76-70(75)95)66(91)77-49-18-16-45(17-19-49)39-99-71(96)83(6)41-73(4,5)42-84(7)72(97)100-58-36-57-63(62-44(3)40-101-65(58)62)48(37-74)38-87(57)69(94)56-35-46-32-50(20-22-52(46)80-56)78-67(92)55-34-47-33-51(21-23-53(47)79-55)98-31-30-85-27-11-12-28-85/h16-25,32-36,40,43,48,54,64,79-80H,8-15,26-31,37-39,41-42H2,1-7H3,(H,77,91)(H,78,92)(H,81,93)(H,82,88)(H3,75,76,95). The number of unbranched alkanes of at least 4 members (excludes halogenated alkanes) is 2. The number of hydrogen-bond acceptors (Lipinski definition) is 15. The molecule has 0 saturated carbocycles. The number of thiophene rings is 1. The third-order valence-corrected chi connectivity index (χ3v) is 19.6. The number of nitrogens with zero attached hydrogens (tertiary/aromatic N) is 5. The number of carbonyl (C=O) groups excluding carboxylic acids is 10. The van der Waals surface area contributed by atoms with Crippen molar-refractivity contribution in [2.75, 3.05) is 94.5 Å². The second-order valence-electron chi connectivity index (χ2n) is 27.2. The van der Waals surface area contributed by atoms with E-state index in [1.54, 1.807) is 87.4 Å². The number of alkyl halides is 1. The highest BCUT2D eigenvalue weighted by molar-refractivity contribution is 7.17. The predicted molar refractivity (Wildman–Crippen MR) is 388 cm³/mol. The first-order valence-corrected chi connectivity index (χ1v) is 35.4. The van der Waals surface area contributed by atoms with Crippen molar-refractivity contribution in [1.82, 2.24) is 45.5 Å². The zero-order chi connectivity index (χ0) is 72.2. The van der Waals surface area contributed by atoms with Crippen LogP contribution in [0, 0.1) is 18.3 Å². The molecular formula is C73H88ClN13O13S. The Labute approximate surface area is 594 Å². The SMILES string of the molecule is Cc1csc2c(OC(=O)N(C)CC(C)(C)CN(C)C(=O)OCc3ccc(NC(=O)C(CCCNC(N)=O)NC(=O)C(NC(=O)CCCCCN4C(=O)C=CC4=O)C(C)C)cc3)cc3c(c12)C(CCl)CN3C(=O)c1cc2cc(NC(=O)c3cc4cc(OCCN5CCCC5)ccc4[nH]3)ccc2[nH]1. The van der Waals surface area contributed by atoms with Crippen molar-refractivity contribution < 1.29 is 62.2 Å². The van der Waals surface area contributed by atoms with E-state index in [1.165, 1.54) is 46.1 Å². The first-order chi connectivity index (χ1) is 48.3. The maximum absolute atomic E-state index is 14.7. The van der Waals surface area contributed by atoms with Crippen molar-refractivity contribution in [1.29, 1.82) is 0 Å². The minimum absolute atomic E-state index is 0.0983. The molecule has 3 atom stereocenters. The number of imide groups is 1. The molecule has 3 unspecified atom stereocenters. The molecule has 3 aromatic heterocycles. The van der Waals surface area contributed by atoms with Crippen molar-refractivity contribution in [3.8, 4) is 11.5 Å². The van der Waals surface area contributed by atoms with E-state index in [0.29, 0.717) is 70.8 Å². The van der Waals surface area contributed by atoms with Gasteiger partial charge in [-0.1, -0.05) is 46.2 Å². The first kappa shape index (κ1) is 73.7. The molecule has 28 heteroatoms. The molecule has 3 aliphatic heterocycles. The topological polar surface area (TPSA) is 332 Å². The highest BCUT2D eigenvalue weighted by Crippen LogP contribution is 2.49. The number of likely N-dealkylation sites (tertiary alicyclic amines) is 1. The summed E-state index contributed by atoms with van der Waals surface area (Å²) in [5.41, 5.74) is 10.7. The van der Waals surface area contributed by atoms with Gasteiger partial charge in [-0.05, 0) is 147 Å². The van der Waals surface area contributed by atoms with Gasteiger partial charge in [0.1, 0.15) is 42.4 Å². The molecule has 1 fully saturated rings. The summed E-state index contributed by atoms with van der Waals surface area (Å²) in [6.45, 7) is 13.9. The van der Waals surface area contributed by atoms with Crippen LogP contribution in [0.3, 0.4) is 0 Å². The van der Waals surface area contributed by atoms with Gasteiger partial charge in [-0.15, -0.1) is 22.9 Å². The summed E-state index contributed by atoms with van der Waals surface area (Å²) in [4.78, 5) is 146. The Hall–Kier alpha value is -9.99. The lowest BCUT2D eigenvalue weighted by Gasteiger charge is -2.33. The van der Waals surface area contributed by atoms with Crippen LogP contribution in [0.5, 0.6) is 11.5 Å². The first-order valence-electron chi connectivity index (χ1n) is 34.0. The lowest BCUT2D eigenvalue weighted by molar-refractivity contribution is -0.137. The summed E-state index contributed by atoms with van der Waals surface area (Å²) < 4.78 is 18.7. The third kappa shape index (κ3) is 18.7. The number of aromatic amines is 2. The number of rotatable bonds is 31. The molecular weight excluding hydrogens is 1330 g/mol. The average Bonchev–Trinajstić information content (AvgIpc) is 1.58. The van der Waals surface area contributed by atoms with E-state index in [2.05, 4.69) is 41.5 Å². The summed E-state index contributed by atoms with van der Waals surface area (Å²) in [5.74, 6) is -2.24. The number of anilines is 3. The normalized spacial score (nSPS) is 15.1. The molecule has 0 aliphatic carbocycles. The Morgan fingerprint density at radius 3 is 2.15 bits per heavy atom. The number of halogens is 1. The molecule has 0 spiro atoms. The van der Waals surface area contributed by atoms with E-state index in [0.717, 1.165) is 62.4 Å². The Morgan fingerprint density at radius 1 is 0.772 bits per heavy atom. The number of aryl methyl sites for hydroxylation is 1. The molecule has 101 heavy (non-hydrogen) atoms. The summed E-state index contributed by atoms with van der Waals surface area (Å²) in [6, 6.07) is 20.2. The summed E-state index contributed by atoms with van der Waals surface area (Å²) in [5, 5.41) is 18.2. The van der Waals surface area contributed by atoms with Crippen LogP contribution < -0.4 is 46.7 Å². The summed E-state index contributed by atoms with van der Waals surface area (Å²) in [7, 11) is 3.20. The zero-order valence-electron chi connectivity index (χ0n) is 57.9. The lowest BCUT2D eigenvalue weighted by Crippen LogP contribution is -2.54. The van der Waals surface area contributed by atoms with Crippen molar-refractivity contribution in [3.63, 3.8) is 0 Å². The third-order valence-electron chi connectivity index (χ3n) is 18.2. The maximum atomic E-state index is 14.7. The minimum Gasteiger partial charge on any atom is -0.492 e. The molecule has 536 valence electrons. The van der Waals surface area contributed by atoms with E-state index in [4.69, 9.17) is 31.5 Å². The molecule has 1 saturated heterocycles. The number of urea groups is 1. The van der Waals surface area contributed by atoms with Gasteiger partial charge in [0.15, 0.2) is 5.75 Å². The number of benzene rings is 4. The summed E-state index contributed by atoms with van der Waals surface area (Å²) in [6.07, 6.45) is 5.62. The van der Waals surface area contributed by atoms with Crippen molar-refractivity contribution in [2.45, 2.75) is 111 Å². The number of aromatic nitrogens is 2. The van der Waals surface area contributed by atoms with Crippen molar-refractivity contribution in [3.05, 3.63) is 124 Å². The highest BCUT2D eigenvalue weighted by Gasteiger charge is 2.38. The summed E-state index contributed by atoms with van der Waals surface area (Å²) >= 11 is 8.11. The van der Waals surface area contributed by atoms with E-state index in [1.807, 2.05) is 50.4 Å². The maximum Gasteiger partial charge on any atom is 0.415 e. The van der Waals surface area contributed by atoms with Crippen LogP contribution in [0.1, 0.15) is 123 Å². The number of ether oxygens (including phenoxy) is 3. The van der Waals surface area contributed by atoms with Gasteiger partial charge in [0.25, 0.3) is 23.6 Å². The zero-order valence-corrected chi connectivity index (χ0v) is 59.5. The van der Waals surface area contributed by atoms with E-state index < -0.39 is 47.5 Å². The largest absolute Gasteiger partial charge is 0.492 e. The molecule has 0 radical (unpaired) electrons. The molecule has 11 amide bonds. The van der Waals surface area contributed by atoms with E-state index >= 15 is 0 Å².